The fourth-order valence-electron chi connectivity index (χ4n) is 1.59. The lowest BCUT2D eigenvalue weighted by Crippen LogP contribution is -2.34. The van der Waals surface area contributed by atoms with Gasteiger partial charge in [0.05, 0.1) is 11.6 Å². The Hall–Kier alpha value is -2.10. The highest BCUT2D eigenvalue weighted by Crippen LogP contribution is 2.24. The van der Waals surface area contributed by atoms with Gasteiger partial charge in [-0.2, -0.15) is 5.10 Å². The van der Waals surface area contributed by atoms with E-state index in [1.807, 2.05) is 44.2 Å². The number of hydrogen-bond donors (Lipinski definition) is 2. The molecule has 1 heterocycles. The first-order valence-electron chi connectivity index (χ1n) is 5.47. The summed E-state index contributed by atoms with van der Waals surface area (Å²) in [6.45, 7) is 3.79. The maximum atomic E-state index is 12.2. The molecule has 0 atom stereocenters. The third-order valence-corrected chi connectivity index (χ3v) is 2.81. The van der Waals surface area contributed by atoms with E-state index in [4.69, 9.17) is 0 Å². The Kier molecular flexibility index (Phi) is 2.95. The van der Waals surface area contributed by atoms with E-state index in [-0.39, 0.29) is 5.91 Å². The van der Waals surface area contributed by atoms with E-state index >= 15 is 0 Å². The van der Waals surface area contributed by atoms with Crippen molar-refractivity contribution in [3.8, 4) is 0 Å². The van der Waals surface area contributed by atoms with E-state index in [9.17, 15) is 4.79 Å². The second kappa shape index (κ2) is 4.41. The van der Waals surface area contributed by atoms with E-state index in [1.165, 1.54) is 0 Å². The van der Waals surface area contributed by atoms with Crippen LogP contribution in [0.3, 0.4) is 0 Å². The second-order valence-corrected chi connectivity index (χ2v) is 4.42. The molecular formula is C13H15N3O. The van der Waals surface area contributed by atoms with Crippen molar-refractivity contribution in [2.24, 2.45) is 0 Å². The number of benzene rings is 1. The fraction of sp³-hybridized carbons (Fsp3) is 0.231. The first-order valence-corrected chi connectivity index (χ1v) is 5.47. The van der Waals surface area contributed by atoms with Gasteiger partial charge in [-0.3, -0.25) is 9.89 Å². The molecule has 1 aromatic carbocycles. The summed E-state index contributed by atoms with van der Waals surface area (Å²) in [5.41, 5.74) is 0.406. The zero-order valence-corrected chi connectivity index (χ0v) is 9.90. The summed E-state index contributed by atoms with van der Waals surface area (Å²) in [7, 11) is 0. The summed E-state index contributed by atoms with van der Waals surface area (Å²) in [6.07, 6.45) is 1.60. The Morgan fingerprint density at radius 3 is 2.53 bits per heavy atom. The van der Waals surface area contributed by atoms with Crippen LogP contribution in [0, 0.1) is 0 Å². The minimum atomic E-state index is -0.577. The van der Waals surface area contributed by atoms with Gasteiger partial charge in [0.2, 0.25) is 5.91 Å². The average Bonchev–Trinajstić information content (AvgIpc) is 2.83. The Bertz CT molecular complexity index is 489. The maximum absolute atomic E-state index is 12.2. The maximum Gasteiger partial charge on any atom is 0.235 e. The van der Waals surface area contributed by atoms with Crippen molar-refractivity contribution in [2.75, 3.05) is 5.32 Å². The number of nitrogens with one attached hydrogen (secondary N) is 2. The van der Waals surface area contributed by atoms with E-state index < -0.39 is 5.41 Å². The van der Waals surface area contributed by atoms with Crippen molar-refractivity contribution in [1.29, 1.82) is 0 Å². The molecule has 2 N–H and O–H groups in total. The van der Waals surface area contributed by atoms with Crippen LogP contribution in [-0.4, -0.2) is 16.1 Å². The molecule has 0 fully saturated rings. The number of carbonyl (C=O) groups is 1. The van der Waals surface area contributed by atoms with Crippen molar-refractivity contribution >= 4 is 11.7 Å². The Morgan fingerprint density at radius 1 is 1.24 bits per heavy atom. The molecule has 4 nitrogen and oxygen atoms in total. The van der Waals surface area contributed by atoms with Gasteiger partial charge in [0.25, 0.3) is 0 Å². The summed E-state index contributed by atoms with van der Waals surface area (Å²) < 4.78 is 0. The van der Waals surface area contributed by atoms with Gasteiger partial charge in [-0.25, -0.2) is 0 Å². The lowest BCUT2D eigenvalue weighted by molar-refractivity contribution is -0.120. The standard InChI is InChI=1S/C13H15N3O/c1-13(2,10-6-4-3-5-7-10)12(17)15-11-8-9-14-16-11/h3-9H,1-2H3,(H2,14,15,16,17). The molecule has 17 heavy (non-hydrogen) atoms. The van der Waals surface area contributed by atoms with Crippen LogP contribution in [0.15, 0.2) is 42.6 Å². The number of aromatic amines is 1. The predicted molar refractivity (Wildman–Crippen MR) is 66.7 cm³/mol. The van der Waals surface area contributed by atoms with Crippen LogP contribution in [-0.2, 0) is 10.2 Å². The van der Waals surface area contributed by atoms with Crippen molar-refractivity contribution in [3.05, 3.63) is 48.2 Å². The molecule has 0 bridgehead atoms. The van der Waals surface area contributed by atoms with Gasteiger partial charge >= 0.3 is 0 Å². The van der Waals surface area contributed by atoms with E-state index in [0.717, 1.165) is 5.56 Å². The van der Waals surface area contributed by atoms with Crippen molar-refractivity contribution in [1.82, 2.24) is 10.2 Å². The number of rotatable bonds is 3. The summed E-state index contributed by atoms with van der Waals surface area (Å²) >= 11 is 0. The molecule has 2 rings (SSSR count). The quantitative estimate of drug-likeness (QED) is 0.848. The number of hydrogen-bond acceptors (Lipinski definition) is 2. The zero-order chi connectivity index (χ0) is 12.3. The molecule has 4 heteroatoms. The van der Waals surface area contributed by atoms with Crippen LogP contribution >= 0.6 is 0 Å². The molecule has 2 aromatic rings. The van der Waals surface area contributed by atoms with Crippen LogP contribution in [0.25, 0.3) is 0 Å². The third-order valence-electron chi connectivity index (χ3n) is 2.81. The van der Waals surface area contributed by atoms with E-state index in [1.54, 1.807) is 12.3 Å². The van der Waals surface area contributed by atoms with Crippen molar-refractivity contribution in [2.45, 2.75) is 19.3 Å². The van der Waals surface area contributed by atoms with Gasteiger partial charge < -0.3 is 5.32 Å². The van der Waals surface area contributed by atoms with Crippen molar-refractivity contribution < 1.29 is 4.79 Å². The first-order chi connectivity index (χ1) is 8.10. The monoisotopic (exact) mass is 229 g/mol. The number of carbonyl (C=O) groups excluding carboxylic acids is 1. The van der Waals surface area contributed by atoms with Crippen LogP contribution in [0.5, 0.6) is 0 Å². The summed E-state index contributed by atoms with van der Waals surface area (Å²) in [5, 5.41) is 9.30. The third kappa shape index (κ3) is 2.36. The smallest absolute Gasteiger partial charge is 0.235 e. The van der Waals surface area contributed by atoms with E-state index in [2.05, 4.69) is 15.5 Å². The van der Waals surface area contributed by atoms with Gasteiger partial charge in [0, 0.05) is 6.07 Å². The highest BCUT2D eigenvalue weighted by atomic mass is 16.2. The number of amides is 1. The lowest BCUT2D eigenvalue weighted by Gasteiger charge is -2.23. The molecule has 0 spiro atoms. The molecule has 0 aliphatic rings. The Balaban J connectivity index is 2.18. The largest absolute Gasteiger partial charge is 0.310 e. The van der Waals surface area contributed by atoms with Gasteiger partial charge in [0.15, 0.2) is 0 Å². The molecule has 0 unspecified atom stereocenters. The molecule has 1 amide bonds. The predicted octanol–water partition coefficient (Wildman–Crippen LogP) is 2.33. The Labute approximate surface area is 100 Å². The lowest BCUT2D eigenvalue weighted by atomic mass is 9.84. The fourth-order valence-corrected chi connectivity index (χ4v) is 1.59. The van der Waals surface area contributed by atoms with Gasteiger partial charge in [-0.05, 0) is 19.4 Å². The molecule has 0 radical (unpaired) electrons. The van der Waals surface area contributed by atoms with Crippen molar-refractivity contribution in [3.63, 3.8) is 0 Å². The normalized spacial score (nSPS) is 11.2. The molecule has 0 aliphatic carbocycles. The van der Waals surface area contributed by atoms with Crippen LogP contribution in [0.2, 0.25) is 0 Å². The minimum Gasteiger partial charge on any atom is -0.310 e. The average molecular weight is 229 g/mol. The summed E-state index contributed by atoms with van der Waals surface area (Å²) in [5.74, 6) is 0.548. The number of H-pyrrole nitrogens is 1. The van der Waals surface area contributed by atoms with Gasteiger partial charge in [0.1, 0.15) is 5.82 Å². The van der Waals surface area contributed by atoms with E-state index in [0.29, 0.717) is 5.82 Å². The molecule has 0 aliphatic heterocycles. The van der Waals surface area contributed by atoms with Crippen LogP contribution in [0.4, 0.5) is 5.82 Å². The summed E-state index contributed by atoms with van der Waals surface area (Å²) in [4.78, 5) is 12.2. The van der Waals surface area contributed by atoms with Crippen LogP contribution in [0.1, 0.15) is 19.4 Å². The number of aromatic nitrogens is 2. The topological polar surface area (TPSA) is 57.8 Å². The molecular weight excluding hydrogens is 214 g/mol. The highest BCUT2D eigenvalue weighted by molar-refractivity contribution is 5.97. The molecule has 88 valence electrons. The van der Waals surface area contributed by atoms with Gasteiger partial charge in [-0.1, -0.05) is 30.3 Å². The second-order valence-electron chi connectivity index (χ2n) is 4.42. The number of nitrogens with zero attached hydrogens (tertiary/aromatic N) is 1. The summed E-state index contributed by atoms with van der Waals surface area (Å²) in [6, 6.07) is 11.4. The minimum absolute atomic E-state index is 0.0621. The molecule has 1 aromatic heterocycles. The van der Waals surface area contributed by atoms with Crippen LogP contribution < -0.4 is 5.32 Å². The number of anilines is 1. The zero-order valence-electron chi connectivity index (χ0n) is 9.90. The highest BCUT2D eigenvalue weighted by Gasteiger charge is 2.29. The first kappa shape index (κ1) is 11.4. The SMILES string of the molecule is CC(C)(C(=O)Nc1ccn[nH]1)c1ccccc1. The molecule has 0 saturated carbocycles. The molecule has 0 saturated heterocycles. The van der Waals surface area contributed by atoms with Gasteiger partial charge in [-0.15, -0.1) is 0 Å². The Morgan fingerprint density at radius 2 is 1.94 bits per heavy atom.